The van der Waals surface area contributed by atoms with E-state index >= 15 is 0 Å². The molecule has 3 aliphatic heterocycles. The number of nitrogens with zero attached hydrogens (tertiary/aromatic N) is 18. The number of anilines is 6. The predicted molar refractivity (Wildman–Crippen MR) is 439 cm³/mol. The molecule has 4 unspecified atom stereocenters. The minimum absolute atomic E-state index is 0.00732. The van der Waals surface area contributed by atoms with E-state index in [-0.39, 0.29) is 69.6 Å². The van der Waals surface area contributed by atoms with Crippen LogP contribution in [0.3, 0.4) is 0 Å². The molecular formula is C87H99F6N21. The van der Waals surface area contributed by atoms with Crippen molar-refractivity contribution in [3.63, 3.8) is 0 Å². The van der Waals surface area contributed by atoms with Crippen LogP contribution < -0.4 is 16.0 Å². The van der Waals surface area contributed by atoms with E-state index in [9.17, 15) is 26.3 Å². The zero-order valence-corrected chi connectivity index (χ0v) is 67.2. The molecule has 12 heterocycles. The Morgan fingerprint density at radius 2 is 0.623 bits per heavy atom. The summed E-state index contributed by atoms with van der Waals surface area (Å²) < 4.78 is 95.2. The van der Waals surface area contributed by atoms with Crippen molar-refractivity contribution in [2.24, 2.45) is 17.8 Å². The maximum absolute atomic E-state index is 15.0. The second-order valence-corrected chi connectivity index (χ2v) is 30.5. The van der Waals surface area contributed by atoms with Gasteiger partial charge in [0.25, 0.3) is 0 Å². The normalized spacial score (nSPS) is 16.4. The summed E-state index contributed by atoms with van der Waals surface area (Å²) in [6, 6.07) is 20.9. The van der Waals surface area contributed by atoms with Crippen molar-refractivity contribution in [2.45, 2.75) is 159 Å². The number of imidazole rings is 3. The molecule has 21 nitrogen and oxygen atoms in total. The molecule has 114 heavy (non-hydrogen) atoms. The Morgan fingerprint density at radius 3 is 0.842 bits per heavy atom. The van der Waals surface area contributed by atoms with E-state index in [0.29, 0.717) is 104 Å². The summed E-state index contributed by atoms with van der Waals surface area (Å²) in [4.78, 5) is 59.0. The Kier molecular flexibility index (Phi) is 24.5. The molecule has 9 aromatic heterocycles. The maximum Gasteiger partial charge on any atom is 0.229 e. The highest BCUT2D eigenvalue weighted by atomic mass is 19.1. The van der Waals surface area contributed by atoms with Gasteiger partial charge < -0.3 is 44.4 Å². The summed E-state index contributed by atoms with van der Waals surface area (Å²) in [5.74, 6) is 3.22. The van der Waals surface area contributed by atoms with Crippen molar-refractivity contribution in [3.8, 4) is 33.8 Å². The Hall–Kier alpha value is -11.6. The number of fused-ring (bicyclic) bond motifs is 3. The minimum atomic E-state index is -0.638. The number of rotatable bonds is 21. The molecule has 0 bridgehead atoms. The molecule has 0 saturated carbocycles. The maximum atomic E-state index is 15.0. The number of hydrogen-bond donors (Lipinski definition) is 3. The lowest BCUT2D eigenvalue weighted by molar-refractivity contribution is 0.321. The molecule has 3 N–H and O–H groups in total. The Bertz CT molecular complexity index is 4970. The van der Waals surface area contributed by atoms with E-state index < -0.39 is 34.9 Å². The van der Waals surface area contributed by atoms with E-state index in [0.717, 1.165) is 93.8 Å². The number of hydrogen-bond acceptors (Lipinski definition) is 18. The van der Waals surface area contributed by atoms with Gasteiger partial charge in [-0.2, -0.15) is 0 Å². The van der Waals surface area contributed by atoms with Gasteiger partial charge >= 0.3 is 0 Å². The van der Waals surface area contributed by atoms with E-state index in [1.54, 1.807) is 18.2 Å². The monoisotopic (exact) mass is 1550 g/mol. The van der Waals surface area contributed by atoms with Crippen LogP contribution in [-0.2, 0) is 0 Å². The van der Waals surface area contributed by atoms with Gasteiger partial charge in [-0.15, -0.1) is 0 Å². The average molecular weight is 1550 g/mol. The summed E-state index contributed by atoms with van der Waals surface area (Å²) >= 11 is 0. The van der Waals surface area contributed by atoms with Gasteiger partial charge in [-0.3, -0.25) is 0 Å². The molecule has 0 spiro atoms. The summed E-state index contributed by atoms with van der Waals surface area (Å²) in [5.41, 5.74) is 7.01. The number of aryl methyl sites for hydroxylation is 3. The lowest BCUT2D eigenvalue weighted by atomic mass is 9.85. The number of halogens is 6. The SMILES string of the molecule is CCN1C=CC(C(C)c2ccc(Nc3ncc(F)c(-c4cc(F)c5nc(C)n(C(C)C)c5c4)n3)nc2)CC1.CCN1C=CC([C@@H](C)c2ccc(Nc3ncc(F)c(-c4cc(F)c5nc(C)n(C(C)C)c5c4)n3)nc2)CC1.CCN1C=CC([C@H](C)c2ccc(Nc3ncc(F)c(-c4cc(F)c5nc(C)n(C(C)C)c5c4)n3)nc2)CC1. The molecule has 594 valence electrons. The van der Waals surface area contributed by atoms with Gasteiger partial charge in [0, 0.05) is 92.7 Å². The number of aromatic nitrogens is 15. The van der Waals surface area contributed by atoms with E-state index in [1.807, 2.05) is 131 Å². The second kappa shape index (κ2) is 34.8. The topological polar surface area (TPSA) is 215 Å². The van der Waals surface area contributed by atoms with Gasteiger partial charge in [-0.25, -0.2) is 86.2 Å². The third-order valence-corrected chi connectivity index (χ3v) is 22.1. The second-order valence-electron chi connectivity index (χ2n) is 30.5. The third-order valence-electron chi connectivity index (χ3n) is 22.1. The van der Waals surface area contributed by atoms with Gasteiger partial charge in [0.05, 0.1) is 35.1 Å². The molecule has 27 heteroatoms. The van der Waals surface area contributed by atoms with Gasteiger partial charge in [0.2, 0.25) is 17.8 Å². The van der Waals surface area contributed by atoms with Crippen molar-refractivity contribution >= 4 is 68.4 Å². The van der Waals surface area contributed by atoms with Crippen LogP contribution in [0.15, 0.2) is 147 Å². The highest BCUT2D eigenvalue weighted by Crippen LogP contribution is 2.38. The minimum Gasteiger partial charge on any atom is -0.378 e. The lowest BCUT2D eigenvalue weighted by Gasteiger charge is -2.30. The fourth-order valence-corrected chi connectivity index (χ4v) is 15.6. The predicted octanol–water partition coefficient (Wildman–Crippen LogP) is 20.3. The van der Waals surface area contributed by atoms with Crippen molar-refractivity contribution in [3.05, 3.63) is 216 Å². The Morgan fingerprint density at radius 1 is 0.351 bits per heavy atom. The van der Waals surface area contributed by atoms with Crippen LogP contribution in [0, 0.1) is 73.4 Å². The van der Waals surface area contributed by atoms with Crippen LogP contribution in [0.4, 0.5) is 61.6 Å². The summed E-state index contributed by atoms with van der Waals surface area (Å²) in [6.45, 7) is 36.9. The summed E-state index contributed by atoms with van der Waals surface area (Å²) in [6.07, 6.45) is 25.6. The van der Waals surface area contributed by atoms with Crippen LogP contribution in [0.1, 0.15) is 172 Å². The molecule has 0 amide bonds. The molecule has 0 saturated heterocycles. The molecule has 0 aliphatic carbocycles. The number of benzene rings is 3. The zero-order valence-electron chi connectivity index (χ0n) is 67.2. The quantitative estimate of drug-likeness (QED) is 0.0570. The number of nitrogens with one attached hydrogen (secondary N) is 3. The van der Waals surface area contributed by atoms with Gasteiger partial charge in [0.1, 0.15) is 68.6 Å². The van der Waals surface area contributed by atoms with Crippen LogP contribution >= 0.6 is 0 Å². The third kappa shape index (κ3) is 17.6. The van der Waals surface area contributed by atoms with Gasteiger partial charge in [0.15, 0.2) is 34.9 Å². The molecule has 6 atom stereocenters. The van der Waals surface area contributed by atoms with Crippen molar-refractivity contribution < 1.29 is 26.3 Å². The molecule has 15 rings (SSSR count). The van der Waals surface area contributed by atoms with Gasteiger partial charge in [-0.1, -0.05) is 57.2 Å². The average Bonchev–Trinajstić information content (AvgIpc) is 1.59. The molecular weight excluding hydrogens is 1450 g/mol. The van der Waals surface area contributed by atoms with E-state index in [2.05, 4.69) is 169 Å². The van der Waals surface area contributed by atoms with Gasteiger partial charge in [-0.05, 0) is 228 Å². The van der Waals surface area contributed by atoms with E-state index in [1.165, 1.54) is 18.2 Å². The highest BCUT2D eigenvalue weighted by molar-refractivity contribution is 5.85. The van der Waals surface area contributed by atoms with Crippen LogP contribution in [-0.4, -0.2) is 127 Å². The molecule has 0 fully saturated rings. The van der Waals surface area contributed by atoms with Crippen molar-refractivity contribution in [1.82, 2.24) is 88.2 Å². The standard InChI is InChI=1S/3C29H33F2N7/c3*1-6-37-11-9-20(10-12-37)18(4)21-7-8-26(32-15-21)35-29-33-16-24(31)27(36-29)22-13-23(30)28-25(14-22)38(17(2)3)19(5)34-28/h3*7-9,11,13-18,20H,6,10,12H2,1-5H3,(H,32,33,35,36)/t2*18-,20?;/m10./s1. The summed E-state index contributed by atoms with van der Waals surface area (Å²) in [5, 5.41) is 9.16. The first-order chi connectivity index (χ1) is 54.7. The zero-order chi connectivity index (χ0) is 80.9. The molecule has 3 aliphatic rings. The lowest BCUT2D eigenvalue weighted by Crippen LogP contribution is -2.26. The molecule has 3 aromatic carbocycles. The largest absolute Gasteiger partial charge is 0.378 e. The first-order valence-corrected chi connectivity index (χ1v) is 39.3. The highest BCUT2D eigenvalue weighted by Gasteiger charge is 2.27. The van der Waals surface area contributed by atoms with Crippen LogP contribution in [0.25, 0.3) is 66.9 Å². The van der Waals surface area contributed by atoms with Crippen LogP contribution in [0.5, 0.6) is 0 Å². The number of pyridine rings is 3. The fraction of sp³-hybridized carbons (Fsp3) is 0.379. The summed E-state index contributed by atoms with van der Waals surface area (Å²) in [7, 11) is 0. The van der Waals surface area contributed by atoms with Crippen LogP contribution in [0.2, 0.25) is 0 Å². The smallest absolute Gasteiger partial charge is 0.229 e. The first-order valence-electron chi connectivity index (χ1n) is 39.3. The van der Waals surface area contributed by atoms with E-state index in [4.69, 9.17) is 0 Å². The Balaban J connectivity index is 0.000000149. The molecule has 12 aromatic rings. The van der Waals surface area contributed by atoms with Crippen molar-refractivity contribution in [2.75, 3.05) is 55.2 Å². The number of allylic oxidation sites excluding steroid dienone is 3. The molecule has 0 radical (unpaired) electrons. The fourth-order valence-electron chi connectivity index (χ4n) is 15.6. The van der Waals surface area contributed by atoms with Crippen molar-refractivity contribution in [1.29, 1.82) is 0 Å². The first kappa shape index (κ1) is 80.4. The Labute approximate surface area is 661 Å².